The van der Waals surface area contributed by atoms with Crippen LogP contribution in [0.3, 0.4) is 0 Å². The number of likely N-dealkylation sites (tertiary alicyclic amines) is 1. The largest absolute Gasteiger partial charge is 0.435 e. The number of oxazole rings is 1. The number of aliphatic hydroxyl groups excluding tert-OH is 1. The van der Waals surface area contributed by atoms with Gasteiger partial charge >= 0.3 is 0 Å². The molecule has 8 heteroatoms. The molecule has 0 saturated carbocycles. The minimum Gasteiger partial charge on any atom is -0.435 e. The number of piperidine rings is 1. The smallest absolute Gasteiger partial charge is 0.289 e. The van der Waals surface area contributed by atoms with Crippen LogP contribution in [0.1, 0.15) is 35.5 Å². The van der Waals surface area contributed by atoms with E-state index in [1.807, 2.05) is 11.8 Å². The molecule has 1 aromatic heterocycles. The quantitative estimate of drug-likeness (QED) is 0.771. The van der Waals surface area contributed by atoms with Crippen LogP contribution >= 0.6 is 0 Å². The van der Waals surface area contributed by atoms with Crippen molar-refractivity contribution in [2.45, 2.75) is 38.8 Å². The Morgan fingerprint density at radius 3 is 2.71 bits per heavy atom. The maximum Gasteiger partial charge on any atom is 0.289 e. The number of aryl methyl sites for hydroxylation is 2. The van der Waals surface area contributed by atoms with Gasteiger partial charge in [-0.3, -0.25) is 14.5 Å². The average Bonchev–Trinajstić information content (AvgIpc) is 2.91. The summed E-state index contributed by atoms with van der Waals surface area (Å²) in [5, 5.41) is 13.1. The van der Waals surface area contributed by atoms with Crippen LogP contribution in [0, 0.1) is 6.92 Å². The SMILES string of the molecule is CCc1nc(C)c(C(=O)N[C@@H]2CCN(CC(=O)N(C)C)C[C@H]2O)o1. The van der Waals surface area contributed by atoms with Crippen LogP contribution in [0.5, 0.6) is 0 Å². The number of aliphatic hydroxyl groups is 1. The van der Waals surface area contributed by atoms with E-state index >= 15 is 0 Å². The van der Waals surface area contributed by atoms with E-state index in [0.717, 1.165) is 0 Å². The van der Waals surface area contributed by atoms with Crippen molar-refractivity contribution in [3.8, 4) is 0 Å². The molecular formula is C16H26N4O4. The van der Waals surface area contributed by atoms with E-state index in [1.165, 1.54) is 4.90 Å². The molecule has 2 rings (SSSR count). The predicted molar refractivity (Wildman–Crippen MR) is 87.6 cm³/mol. The highest BCUT2D eigenvalue weighted by Crippen LogP contribution is 2.15. The highest BCUT2D eigenvalue weighted by Gasteiger charge is 2.31. The number of likely N-dealkylation sites (N-methyl/N-ethyl adjacent to an activating group) is 1. The van der Waals surface area contributed by atoms with Gasteiger partial charge in [-0.1, -0.05) is 6.92 Å². The molecule has 8 nitrogen and oxygen atoms in total. The third-order valence-corrected chi connectivity index (χ3v) is 4.19. The zero-order valence-electron chi connectivity index (χ0n) is 14.7. The molecule has 2 N–H and O–H groups in total. The van der Waals surface area contributed by atoms with Gasteiger partial charge in [0.15, 0.2) is 5.89 Å². The molecule has 0 spiro atoms. The lowest BCUT2D eigenvalue weighted by Gasteiger charge is -2.36. The van der Waals surface area contributed by atoms with Gasteiger partial charge in [-0.05, 0) is 13.3 Å². The highest BCUT2D eigenvalue weighted by atomic mass is 16.4. The summed E-state index contributed by atoms with van der Waals surface area (Å²) in [4.78, 5) is 31.7. The monoisotopic (exact) mass is 338 g/mol. The van der Waals surface area contributed by atoms with Gasteiger partial charge in [0.25, 0.3) is 5.91 Å². The van der Waals surface area contributed by atoms with Crippen LogP contribution in [0.15, 0.2) is 4.42 Å². The summed E-state index contributed by atoms with van der Waals surface area (Å²) in [7, 11) is 3.41. The number of aromatic nitrogens is 1. The molecule has 1 aliphatic rings. The van der Waals surface area contributed by atoms with Gasteiger partial charge in [0.1, 0.15) is 0 Å². The Labute approximate surface area is 141 Å². The maximum atomic E-state index is 12.3. The number of amides is 2. The summed E-state index contributed by atoms with van der Waals surface area (Å²) in [6.07, 6.45) is 0.461. The molecule has 2 amide bonds. The predicted octanol–water partition coefficient (Wildman–Crippen LogP) is -0.201. The van der Waals surface area contributed by atoms with Gasteiger partial charge in [-0.15, -0.1) is 0 Å². The van der Waals surface area contributed by atoms with Crippen LogP contribution in [-0.4, -0.2) is 77.6 Å². The molecule has 2 heterocycles. The lowest BCUT2D eigenvalue weighted by molar-refractivity contribution is -0.130. The van der Waals surface area contributed by atoms with Crippen LogP contribution in [0.4, 0.5) is 0 Å². The Morgan fingerprint density at radius 1 is 1.46 bits per heavy atom. The van der Waals surface area contributed by atoms with Crippen LogP contribution < -0.4 is 5.32 Å². The third-order valence-electron chi connectivity index (χ3n) is 4.19. The van der Waals surface area contributed by atoms with E-state index in [0.29, 0.717) is 37.5 Å². The third kappa shape index (κ3) is 4.33. The van der Waals surface area contributed by atoms with E-state index in [2.05, 4.69) is 10.3 Å². The van der Waals surface area contributed by atoms with Gasteiger partial charge in [-0.25, -0.2) is 4.98 Å². The van der Waals surface area contributed by atoms with Gasteiger partial charge in [-0.2, -0.15) is 0 Å². The molecule has 1 fully saturated rings. The van der Waals surface area contributed by atoms with E-state index in [1.54, 1.807) is 21.0 Å². The van der Waals surface area contributed by atoms with Crippen molar-refractivity contribution in [2.24, 2.45) is 0 Å². The zero-order chi connectivity index (χ0) is 17.9. The van der Waals surface area contributed by atoms with Crippen molar-refractivity contribution in [3.05, 3.63) is 17.3 Å². The number of carbonyl (C=O) groups excluding carboxylic acids is 2. The minimum atomic E-state index is -0.730. The maximum absolute atomic E-state index is 12.3. The van der Waals surface area contributed by atoms with E-state index in [-0.39, 0.29) is 30.2 Å². The second-order valence-corrected chi connectivity index (χ2v) is 6.33. The molecule has 0 radical (unpaired) electrons. The molecule has 134 valence electrons. The summed E-state index contributed by atoms with van der Waals surface area (Å²) in [6.45, 7) is 4.88. The van der Waals surface area contributed by atoms with Crippen molar-refractivity contribution in [3.63, 3.8) is 0 Å². The normalized spacial score (nSPS) is 21.5. The summed E-state index contributed by atoms with van der Waals surface area (Å²) in [5.74, 6) is 0.357. The van der Waals surface area contributed by atoms with Gasteiger partial charge in [0.05, 0.1) is 24.4 Å². The Morgan fingerprint density at radius 2 is 2.17 bits per heavy atom. The minimum absolute atomic E-state index is 0.00550. The topological polar surface area (TPSA) is 98.9 Å². The Kier molecular flexibility index (Phi) is 5.95. The number of hydrogen-bond acceptors (Lipinski definition) is 6. The van der Waals surface area contributed by atoms with Crippen LogP contribution in [0.25, 0.3) is 0 Å². The number of hydrogen-bond donors (Lipinski definition) is 2. The van der Waals surface area contributed by atoms with Crippen molar-refractivity contribution in [2.75, 3.05) is 33.7 Å². The molecule has 0 bridgehead atoms. The number of nitrogens with one attached hydrogen (secondary N) is 1. The number of rotatable bonds is 5. The molecule has 0 aliphatic carbocycles. The Balaban J connectivity index is 1.91. The molecule has 1 aliphatic heterocycles. The first kappa shape index (κ1) is 18.4. The van der Waals surface area contributed by atoms with E-state index in [9.17, 15) is 14.7 Å². The van der Waals surface area contributed by atoms with Crippen molar-refractivity contribution < 1.29 is 19.1 Å². The fraction of sp³-hybridized carbons (Fsp3) is 0.688. The molecule has 0 aromatic carbocycles. The molecule has 24 heavy (non-hydrogen) atoms. The van der Waals surface area contributed by atoms with Crippen molar-refractivity contribution in [1.82, 2.24) is 20.1 Å². The van der Waals surface area contributed by atoms with Crippen molar-refractivity contribution in [1.29, 1.82) is 0 Å². The molecule has 0 unspecified atom stereocenters. The number of nitrogens with zero attached hydrogens (tertiary/aromatic N) is 3. The average molecular weight is 338 g/mol. The zero-order valence-corrected chi connectivity index (χ0v) is 14.7. The summed E-state index contributed by atoms with van der Waals surface area (Å²) in [6, 6.07) is -0.363. The van der Waals surface area contributed by atoms with E-state index < -0.39 is 6.10 Å². The first-order valence-electron chi connectivity index (χ1n) is 8.19. The second-order valence-electron chi connectivity index (χ2n) is 6.33. The number of β-amino-alcohol motifs (C(OH)–C–C–N with tert-alkyl or cyclic N) is 1. The van der Waals surface area contributed by atoms with E-state index in [4.69, 9.17) is 4.42 Å². The summed E-state index contributed by atoms with van der Waals surface area (Å²) in [5.41, 5.74) is 0.549. The first-order valence-corrected chi connectivity index (χ1v) is 8.19. The molecule has 2 atom stereocenters. The second kappa shape index (κ2) is 7.76. The van der Waals surface area contributed by atoms with Crippen molar-refractivity contribution >= 4 is 11.8 Å². The fourth-order valence-electron chi connectivity index (χ4n) is 2.69. The lowest BCUT2D eigenvalue weighted by atomic mass is 10.0. The van der Waals surface area contributed by atoms with Gasteiger partial charge in [0, 0.05) is 33.6 Å². The fourth-order valence-corrected chi connectivity index (χ4v) is 2.69. The molecule has 1 aromatic rings. The first-order chi connectivity index (χ1) is 11.3. The molecular weight excluding hydrogens is 312 g/mol. The van der Waals surface area contributed by atoms with Gasteiger partial charge < -0.3 is 19.7 Å². The van der Waals surface area contributed by atoms with Crippen LogP contribution in [-0.2, 0) is 11.2 Å². The highest BCUT2D eigenvalue weighted by molar-refractivity contribution is 5.92. The Hall–Kier alpha value is -1.93. The summed E-state index contributed by atoms with van der Waals surface area (Å²) >= 11 is 0. The van der Waals surface area contributed by atoms with Crippen LogP contribution in [0.2, 0.25) is 0 Å². The standard InChI is InChI=1S/C16H26N4O4/c1-5-13-17-10(2)15(24-13)16(23)18-11-6-7-20(8-12(11)21)9-14(22)19(3)4/h11-12,21H,5-9H2,1-4H3,(H,18,23)/t11-,12-/m1/s1. The molecule has 1 saturated heterocycles. The summed E-state index contributed by atoms with van der Waals surface area (Å²) < 4.78 is 5.44. The number of carbonyl (C=O) groups is 2. The van der Waals surface area contributed by atoms with Gasteiger partial charge in [0.2, 0.25) is 11.7 Å². The Bertz CT molecular complexity index is 599. The lowest BCUT2D eigenvalue weighted by Crippen LogP contribution is -2.55.